The normalized spacial score (nSPS) is 24.4. The van der Waals surface area contributed by atoms with Crippen LogP contribution in [0.5, 0.6) is 0 Å². The standard InChI is InChI=1S/C9H15NO2/c1-2-8(7-10)9(11)3-5-12-6-4-9/h8,11H,2-6H2,1H3. The zero-order valence-corrected chi connectivity index (χ0v) is 7.42. The Balaban J connectivity index is 2.61. The van der Waals surface area contributed by atoms with Gasteiger partial charge in [0.2, 0.25) is 0 Å². The van der Waals surface area contributed by atoms with Crippen molar-refractivity contribution in [2.24, 2.45) is 5.92 Å². The molecule has 0 radical (unpaired) electrons. The molecule has 0 spiro atoms. The van der Waals surface area contributed by atoms with Gasteiger partial charge >= 0.3 is 0 Å². The molecule has 68 valence electrons. The Morgan fingerprint density at radius 3 is 2.58 bits per heavy atom. The van der Waals surface area contributed by atoms with E-state index in [9.17, 15) is 5.11 Å². The molecule has 0 aromatic heterocycles. The first-order chi connectivity index (χ1) is 5.73. The molecule has 0 aromatic rings. The average molecular weight is 169 g/mol. The molecule has 1 heterocycles. The summed E-state index contributed by atoms with van der Waals surface area (Å²) in [4.78, 5) is 0. The van der Waals surface area contributed by atoms with Gasteiger partial charge in [-0.2, -0.15) is 5.26 Å². The fourth-order valence-corrected chi connectivity index (χ4v) is 1.66. The van der Waals surface area contributed by atoms with Crippen molar-refractivity contribution < 1.29 is 9.84 Å². The summed E-state index contributed by atoms with van der Waals surface area (Å²) in [6.45, 7) is 3.09. The number of ether oxygens (including phenoxy) is 1. The monoisotopic (exact) mass is 169 g/mol. The molecule has 12 heavy (non-hydrogen) atoms. The minimum atomic E-state index is -0.790. The van der Waals surface area contributed by atoms with E-state index in [4.69, 9.17) is 10.00 Å². The summed E-state index contributed by atoms with van der Waals surface area (Å²) in [5, 5.41) is 18.8. The summed E-state index contributed by atoms with van der Waals surface area (Å²) < 4.78 is 5.13. The van der Waals surface area contributed by atoms with E-state index in [2.05, 4.69) is 6.07 Å². The number of hydrogen-bond donors (Lipinski definition) is 1. The smallest absolute Gasteiger partial charge is 0.0848 e. The third-order valence-electron chi connectivity index (χ3n) is 2.57. The molecule has 0 saturated carbocycles. The summed E-state index contributed by atoms with van der Waals surface area (Å²) >= 11 is 0. The molecule has 3 heteroatoms. The van der Waals surface area contributed by atoms with Gasteiger partial charge in [-0.05, 0) is 6.42 Å². The molecule has 1 rings (SSSR count). The van der Waals surface area contributed by atoms with E-state index in [1.807, 2.05) is 6.92 Å². The molecule has 1 fully saturated rings. The predicted octanol–water partition coefficient (Wildman–Crippen LogP) is 1.08. The molecule has 0 aliphatic carbocycles. The summed E-state index contributed by atoms with van der Waals surface area (Å²) in [5.74, 6) is -0.235. The first-order valence-corrected chi connectivity index (χ1v) is 4.42. The molecule has 1 N–H and O–H groups in total. The van der Waals surface area contributed by atoms with Gasteiger partial charge in [-0.25, -0.2) is 0 Å². The van der Waals surface area contributed by atoms with Crippen LogP contribution in [0.1, 0.15) is 26.2 Å². The molecular weight excluding hydrogens is 154 g/mol. The zero-order valence-electron chi connectivity index (χ0n) is 7.42. The van der Waals surface area contributed by atoms with Crippen molar-refractivity contribution in [2.75, 3.05) is 13.2 Å². The van der Waals surface area contributed by atoms with Crippen LogP contribution in [0.2, 0.25) is 0 Å². The Labute approximate surface area is 73.0 Å². The fraction of sp³-hybridized carbons (Fsp3) is 0.889. The molecule has 1 atom stereocenters. The van der Waals surface area contributed by atoms with Crippen LogP contribution in [0.3, 0.4) is 0 Å². The van der Waals surface area contributed by atoms with Crippen molar-refractivity contribution >= 4 is 0 Å². The van der Waals surface area contributed by atoms with E-state index in [0.29, 0.717) is 32.5 Å². The second-order valence-electron chi connectivity index (χ2n) is 3.31. The van der Waals surface area contributed by atoms with Crippen LogP contribution in [-0.4, -0.2) is 23.9 Å². The molecule has 1 aliphatic rings. The van der Waals surface area contributed by atoms with Gasteiger partial charge < -0.3 is 9.84 Å². The largest absolute Gasteiger partial charge is 0.388 e. The van der Waals surface area contributed by atoms with Gasteiger partial charge in [-0.1, -0.05) is 6.92 Å². The minimum absolute atomic E-state index is 0.235. The van der Waals surface area contributed by atoms with Crippen LogP contribution in [0.4, 0.5) is 0 Å². The van der Waals surface area contributed by atoms with Crippen LogP contribution in [0, 0.1) is 17.2 Å². The maximum absolute atomic E-state index is 10.0. The minimum Gasteiger partial charge on any atom is -0.388 e. The van der Waals surface area contributed by atoms with Crippen molar-refractivity contribution in [3.63, 3.8) is 0 Å². The number of rotatable bonds is 2. The Kier molecular flexibility index (Phi) is 3.07. The fourth-order valence-electron chi connectivity index (χ4n) is 1.66. The Bertz CT molecular complexity index is 179. The van der Waals surface area contributed by atoms with Crippen molar-refractivity contribution in [3.8, 4) is 6.07 Å². The Morgan fingerprint density at radius 1 is 1.58 bits per heavy atom. The second kappa shape index (κ2) is 3.88. The number of aliphatic hydroxyl groups is 1. The van der Waals surface area contributed by atoms with Gasteiger partial charge in [0.05, 0.1) is 17.6 Å². The third kappa shape index (κ3) is 1.77. The highest BCUT2D eigenvalue weighted by atomic mass is 16.5. The van der Waals surface area contributed by atoms with Gasteiger partial charge in [0.25, 0.3) is 0 Å². The predicted molar refractivity (Wildman–Crippen MR) is 44.4 cm³/mol. The number of nitriles is 1. The van der Waals surface area contributed by atoms with E-state index >= 15 is 0 Å². The van der Waals surface area contributed by atoms with Gasteiger partial charge in [-0.3, -0.25) is 0 Å². The van der Waals surface area contributed by atoms with Crippen LogP contribution >= 0.6 is 0 Å². The lowest BCUT2D eigenvalue weighted by Crippen LogP contribution is -2.42. The molecule has 0 amide bonds. The lowest BCUT2D eigenvalue weighted by molar-refractivity contribution is -0.0868. The van der Waals surface area contributed by atoms with Gasteiger partial charge in [0, 0.05) is 26.1 Å². The quantitative estimate of drug-likeness (QED) is 0.673. The lowest BCUT2D eigenvalue weighted by Gasteiger charge is -2.35. The van der Waals surface area contributed by atoms with E-state index in [-0.39, 0.29) is 5.92 Å². The molecule has 1 saturated heterocycles. The maximum Gasteiger partial charge on any atom is 0.0848 e. The SMILES string of the molecule is CCC(C#N)C1(O)CCOCC1. The Morgan fingerprint density at radius 2 is 2.17 bits per heavy atom. The van der Waals surface area contributed by atoms with Gasteiger partial charge in [0.15, 0.2) is 0 Å². The van der Waals surface area contributed by atoms with Crippen LogP contribution in [0.15, 0.2) is 0 Å². The number of nitrogens with zero attached hydrogens (tertiary/aromatic N) is 1. The van der Waals surface area contributed by atoms with Crippen LogP contribution < -0.4 is 0 Å². The molecular formula is C9H15NO2. The van der Waals surface area contributed by atoms with E-state index in [1.165, 1.54) is 0 Å². The first kappa shape index (κ1) is 9.50. The first-order valence-electron chi connectivity index (χ1n) is 4.42. The lowest BCUT2D eigenvalue weighted by atomic mass is 9.80. The highest BCUT2D eigenvalue weighted by molar-refractivity contribution is 4.98. The van der Waals surface area contributed by atoms with E-state index in [1.54, 1.807) is 0 Å². The van der Waals surface area contributed by atoms with Gasteiger partial charge in [-0.15, -0.1) is 0 Å². The summed E-state index contributed by atoms with van der Waals surface area (Å²) in [5.41, 5.74) is -0.790. The molecule has 1 unspecified atom stereocenters. The molecule has 3 nitrogen and oxygen atoms in total. The molecule has 1 aliphatic heterocycles. The number of hydrogen-bond acceptors (Lipinski definition) is 3. The molecule has 0 bridgehead atoms. The summed E-state index contributed by atoms with van der Waals surface area (Å²) in [6, 6.07) is 2.16. The van der Waals surface area contributed by atoms with E-state index < -0.39 is 5.60 Å². The highest BCUT2D eigenvalue weighted by Crippen LogP contribution is 2.30. The van der Waals surface area contributed by atoms with Gasteiger partial charge in [0.1, 0.15) is 0 Å². The average Bonchev–Trinajstić information content (AvgIpc) is 2.07. The zero-order chi connectivity index (χ0) is 9.03. The Hall–Kier alpha value is -0.590. The maximum atomic E-state index is 10.0. The topological polar surface area (TPSA) is 53.2 Å². The van der Waals surface area contributed by atoms with Crippen molar-refractivity contribution in [2.45, 2.75) is 31.8 Å². The van der Waals surface area contributed by atoms with Crippen LogP contribution in [-0.2, 0) is 4.74 Å². The molecule has 0 aromatic carbocycles. The van der Waals surface area contributed by atoms with Crippen molar-refractivity contribution in [1.82, 2.24) is 0 Å². The second-order valence-corrected chi connectivity index (χ2v) is 3.31. The van der Waals surface area contributed by atoms with Crippen molar-refractivity contribution in [3.05, 3.63) is 0 Å². The third-order valence-corrected chi connectivity index (χ3v) is 2.57. The summed E-state index contributed by atoms with van der Waals surface area (Å²) in [7, 11) is 0. The van der Waals surface area contributed by atoms with Crippen LogP contribution in [0.25, 0.3) is 0 Å². The summed E-state index contributed by atoms with van der Waals surface area (Å²) in [6.07, 6.45) is 1.91. The van der Waals surface area contributed by atoms with E-state index in [0.717, 1.165) is 0 Å². The van der Waals surface area contributed by atoms with Crippen molar-refractivity contribution in [1.29, 1.82) is 5.26 Å². The highest BCUT2D eigenvalue weighted by Gasteiger charge is 2.37.